The van der Waals surface area contributed by atoms with Gasteiger partial charge in [-0.3, -0.25) is 4.79 Å². The van der Waals surface area contributed by atoms with Gasteiger partial charge in [-0.15, -0.1) is 11.3 Å². The van der Waals surface area contributed by atoms with Crippen LogP contribution in [0.1, 0.15) is 34.8 Å². The van der Waals surface area contributed by atoms with E-state index in [0.29, 0.717) is 5.56 Å². The van der Waals surface area contributed by atoms with Crippen LogP contribution in [0.2, 0.25) is 0 Å². The van der Waals surface area contributed by atoms with E-state index in [-0.39, 0.29) is 18.1 Å². The summed E-state index contributed by atoms with van der Waals surface area (Å²) in [5.41, 5.74) is 1.53. The summed E-state index contributed by atoms with van der Waals surface area (Å²) in [6, 6.07) is 5.30. The van der Waals surface area contributed by atoms with E-state index in [4.69, 9.17) is 0 Å². The Morgan fingerprint density at radius 1 is 1.25 bits per heavy atom. The fourth-order valence-corrected chi connectivity index (χ4v) is 3.85. The molecule has 0 bridgehead atoms. The number of fused-ring (bicyclic) bond motifs is 1. The fraction of sp³-hybridized carbons (Fsp3) is 0.312. The van der Waals surface area contributed by atoms with Crippen LogP contribution in [0.25, 0.3) is 0 Å². The topological polar surface area (TPSA) is 17.1 Å². The number of hydrogen-bond donors (Lipinski definition) is 0. The summed E-state index contributed by atoms with van der Waals surface area (Å²) < 4.78 is 26.3. The molecule has 0 aliphatic heterocycles. The van der Waals surface area contributed by atoms with Gasteiger partial charge < -0.3 is 0 Å². The highest BCUT2D eigenvalue weighted by Crippen LogP contribution is 2.36. The van der Waals surface area contributed by atoms with Crippen LogP contribution in [0.15, 0.2) is 29.6 Å². The van der Waals surface area contributed by atoms with E-state index in [1.807, 2.05) is 11.4 Å². The van der Waals surface area contributed by atoms with E-state index in [2.05, 4.69) is 0 Å². The molecule has 3 rings (SSSR count). The molecule has 1 heterocycles. The number of carbonyl (C=O) groups excluding carboxylic acids is 1. The molecule has 1 unspecified atom stereocenters. The first-order valence-corrected chi connectivity index (χ1v) is 7.55. The maximum Gasteiger partial charge on any atom is 0.144 e. The lowest BCUT2D eigenvalue weighted by molar-refractivity contribution is -0.120. The Bertz CT molecular complexity index is 627. The molecule has 20 heavy (non-hydrogen) atoms. The van der Waals surface area contributed by atoms with Gasteiger partial charge in [0.15, 0.2) is 0 Å². The molecule has 0 amide bonds. The number of hydrogen-bond acceptors (Lipinski definition) is 2. The monoisotopic (exact) mass is 292 g/mol. The van der Waals surface area contributed by atoms with Crippen LogP contribution in [0, 0.1) is 11.6 Å². The molecule has 0 spiro atoms. The minimum atomic E-state index is -0.632. The highest BCUT2D eigenvalue weighted by atomic mass is 32.1. The first-order valence-electron chi connectivity index (χ1n) is 6.67. The van der Waals surface area contributed by atoms with E-state index < -0.39 is 11.6 Å². The average Bonchev–Trinajstić information content (AvgIpc) is 2.85. The lowest BCUT2D eigenvalue weighted by Gasteiger charge is -2.21. The normalized spacial score (nSPS) is 17.8. The Morgan fingerprint density at radius 2 is 2.00 bits per heavy atom. The summed E-state index contributed by atoms with van der Waals surface area (Å²) in [6.07, 6.45) is 2.96. The molecular formula is C16H14F2OS. The van der Waals surface area contributed by atoms with E-state index in [1.165, 1.54) is 17.0 Å². The van der Waals surface area contributed by atoms with Gasteiger partial charge in [-0.05, 0) is 54.0 Å². The van der Waals surface area contributed by atoms with Gasteiger partial charge in [0.2, 0.25) is 0 Å². The Kier molecular flexibility index (Phi) is 3.66. The third-order valence-electron chi connectivity index (χ3n) is 3.74. The van der Waals surface area contributed by atoms with Crippen molar-refractivity contribution in [1.29, 1.82) is 0 Å². The smallest absolute Gasteiger partial charge is 0.144 e. The maximum atomic E-state index is 13.2. The highest BCUT2D eigenvalue weighted by molar-refractivity contribution is 7.10. The number of aryl methyl sites for hydroxylation is 1. The molecule has 1 aromatic heterocycles. The molecule has 104 valence electrons. The van der Waals surface area contributed by atoms with Gasteiger partial charge in [-0.25, -0.2) is 8.78 Å². The Hall–Kier alpha value is -1.55. The van der Waals surface area contributed by atoms with Crippen molar-refractivity contribution < 1.29 is 13.6 Å². The molecule has 0 N–H and O–H groups in total. The van der Waals surface area contributed by atoms with Gasteiger partial charge in [0.05, 0.1) is 0 Å². The van der Waals surface area contributed by atoms with Gasteiger partial charge in [0.25, 0.3) is 0 Å². The van der Waals surface area contributed by atoms with Crippen LogP contribution < -0.4 is 0 Å². The molecule has 1 nitrogen and oxygen atoms in total. The van der Waals surface area contributed by atoms with Gasteiger partial charge >= 0.3 is 0 Å². The molecule has 1 aliphatic rings. The van der Waals surface area contributed by atoms with E-state index in [0.717, 1.165) is 30.9 Å². The van der Waals surface area contributed by atoms with E-state index in [1.54, 1.807) is 11.3 Å². The summed E-state index contributed by atoms with van der Waals surface area (Å²) >= 11 is 1.69. The first kappa shape index (κ1) is 13.4. The van der Waals surface area contributed by atoms with Gasteiger partial charge in [0.1, 0.15) is 17.4 Å². The maximum absolute atomic E-state index is 13.2. The minimum absolute atomic E-state index is 0.0503. The second kappa shape index (κ2) is 5.44. The zero-order valence-electron chi connectivity index (χ0n) is 10.9. The molecule has 1 aliphatic carbocycles. The van der Waals surface area contributed by atoms with Crippen molar-refractivity contribution in [2.24, 2.45) is 0 Å². The highest BCUT2D eigenvalue weighted by Gasteiger charge is 2.27. The Morgan fingerprint density at radius 3 is 2.75 bits per heavy atom. The molecule has 4 heteroatoms. The fourth-order valence-electron chi connectivity index (χ4n) is 2.86. The molecular weight excluding hydrogens is 278 g/mol. The minimum Gasteiger partial charge on any atom is -0.299 e. The summed E-state index contributed by atoms with van der Waals surface area (Å²) in [7, 11) is 0. The lowest BCUT2D eigenvalue weighted by atomic mass is 9.83. The molecule has 0 fully saturated rings. The zero-order valence-corrected chi connectivity index (χ0v) is 11.7. The summed E-state index contributed by atoms with van der Waals surface area (Å²) in [5.74, 6) is -1.33. The van der Waals surface area contributed by atoms with E-state index in [9.17, 15) is 13.6 Å². The van der Waals surface area contributed by atoms with Crippen molar-refractivity contribution in [3.05, 3.63) is 57.3 Å². The SMILES string of the molecule is O=C(Cc1cc(F)cc(F)c1)C1CCCc2sccc21. The standard InChI is InChI=1S/C16H14F2OS/c17-11-6-10(7-12(18)9-11)8-15(19)13-2-1-3-16-14(13)4-5-20-16/h4-7,9,13H,1-3,8H2. The van der Waals surface area contributed by atoms with Crippen molar-refractivity contribution in [3.8, 4) is 0 Å². The predicted molar refractivity (Wildman–Crippen MR) is 75.1 cm³/mol. The van der Waals surface area contributed by atoms with Crippen molar-refractivity contribution in [1.82, 2.24) is 0 Å². The van der Waals surface area contributed by atoms with Crippen LogP contribution in [-0.2, 0) is 17.6 Å². The van der Waals surface area contributed by atoms with Crippen molar-refractivity contribution >= 4 is 17.1 Å². The summed E-state index contributed by atoms with van der Waals surface area (Å²) in [4.78, 5) is 13.7. The molecule has 1 atom stereocenters. The van der Waals surface area contributed by atoms with Crippen LogP contribution in [0.3, 0.4) is 0 Å². The summed E-state index contributed by atoms with van der Waals surface area (Å²) in [5, 5.41) is 2.01. The van der Waals surface area contributed by atoms with Gasteiger partial charge in [-0.1, -0.05) is 0 Å². The number of thiophene rings is 1. The largest absolute Gasteiger partial charge is 0.299 e. The lowest BCUT2D eigenvalue weighted by Crippen LogP contribution is -2.19. The molecule has 0 saturated carbocycles. The quantitative estimate of drug-likeness (QED) is 0.826. The van der Waals surface area contributed by atoms with Crippen LogP contribution in [-0.4, -0.2) is 5.78 Å². The van der Waals surface area contributed by atoms with E-state index >= 15 is 0 Å². The molecule has 2 aromatic rings. The molecule has 1 aromatic carbocycles. The van der Waals surface area contributed by atoms with Crippen molar-refractivity contribution in [2.75, 3.05) is 0 Å². The Labute approximate surface area is 120 Å². The number of halogens is 2. The Balaban J connectivity index is 1.81. The van der Waals surface area contributed by atoms with Crippen molar-refractivity contribution in [3.63, 3.8) is 0 Å². The predicted octanol–water partition coefficient (Wildman–Crippen LogP) is 4.26. The number of ketones is 1. The summed E-state index contributed by atoms with van der Waals surface area (Å²) in [6.45, 7) is 0. The van der Waals surface area contributed by atoms with Crippen LogP contribution in [0.5, 0.6) is 0 Å². The van der Waals surface area contributed by atoms with Gasteiger partial charge in [-0.2, -0.15) is 0 Å². The van der Waals surface area contributed by atoms with Crippen molar-refractivity contribution in [2.45, 2.75) is 31.6 Å². The number of Topliss-reactive ketones (excluding diaryl/α,β-unsaturated/α-hetero) is 1. The number of carbonyl (C=O) groups is 1. The van der Waals surface area contributed by atoms with Crippen LogP contribution >= 0.6 is 11.3 Å². The zero-order chi connectivity index (χ0) is 14.1. The number of benzene rings is 1. The average molecular weight is 292 g/mol. The molecule has 0 saturated heterocycles. The second-order valence-corrected chi connectivity index (χ2v) is 6.17. The third kappa shape index (κ3) is 2.66. The van der Waals surface area contributed by atoms with Gasteiger partial charge in [0, 0.05) is 23.3 Å². The first-order chi connectivity index (χ1) is 9.63. The number of rotatable bonds is 3. The molecule has 0 radical (unpaired) electrons. The van der Waals surface area contributed by atoms with Crippen LogP contribution in [0.4, 0.5) is 8.78 Å². The third-order valence-corrected chi connectivity index (χ3v) is 4.74. The second-order valence-electron chi connectivity index (χ2n) is 5.16.